The standard InChI is InChI=1S/C26H42N6O8/c1-3-15(2)22(32-23(36)18(28)12-16-7-9-17(34)10-8-16)25(38)29-13-21(35)30-20(14-33)24(37)31-19(26(39)40)6-4-5-11-27/h7-10,15,18-20,22,33-34H,3-6,11-14,27-28H2,1-2H3,(H,29,38)(H,30,35)(H,31,37)(H,32,36)(H,39,40)/t15-,18-,19-,20-,22-/m0/s1. The number of nitrogens with one attached hydrogen (secondary N) is 4. The van der Waals surface area contributed by atoms with Crippen LogP contribution in [0, 0.1) is 5.92 Å². The number of phenolic OH excluding ortho intramolecular Hbond substituents is 1. The smallest absolute Gasteiger partial charge is 0.326 e. The van der Waals surface area contributed by atoms with Gasteiger partial charge in [0.1, 0.15) is 23.9 Å². The highest BCUT2D eigenvalue weighted by atomic mass is 16.4. The maximum Gasteiger partial charge on any atom is 0.326 e. The molecule has 0 radical (unpaired) electrons. The Hall–Kier alpha value is -3.75. The molecule has 14 nitrogen and oxygen atoms in total. The molecule has 0 aliphatic rings. The summed E-state index contributed by atoms with van der Waals surface area (Å²) in [4.78, 5) is 61.8. The SMILES string of the molecule is CC[C@H](C)[C@H](NC(=O)[C@@H](N)Cc1ccc(O)cc1)C(=O)NCC(=O)N[C@@H](CO)C(=O)N[C@@H](CCCCN)C(=O)O. The zero-order valence-corrected chi connectivity index (χ0v) is 22.9. The minimum Gasteiger partial charge on any atom is -0.508 e. The number of rotatable bonds is 18. The molecule has 0 fully saturated rings. The molecular formula is C26H42N6O8. The highest BCUT2D eigenvalue weighted by Crippen LogP contribution is 2.12. The summed E-state index contributed by atoms with van der Waals surface area (Å²) in [5.41, 5.74) is 12.1. The van der Waals surface area contributed by atoms with Crippen molar-refractivity contribution in [3.63, 3.8) is 0 Å². The number of carboxylic acid groups (broad SMARTS) is 1. The molecule has 0 heterocycles. The lowest BCUT2D eigenvalue weighted by atomic mass is 9.97. The van der Waals surface area contributed by atoms with Crippen LogP contribution in [0.15, 0.2) is 24.3 Å². The summed E-state index contributed by atoms with van der Waals surface area (Å²) in [6.07, 6.45) is 1.86. The molecule has 11 N–H and O–H groups in total. The van der Waals surface area contributed by atoms with Crippen LogP contribution < -0.4 is 32.7 Å². The van der Waals surface area contributed by atoms with Gasteiger partial charge in [0, 0.05) is 0 Å². The second-order valence-corrected chi connectivity index (χ2v) is 9.55. The van der Waals surface area contributed by atoms with Crippen LogP contribution in [0.5, 0.6) is 5.75 Å². The summed E-state index contributed by atoms with van der Waals surface area (Å²) in [5.74, 6) is -4.42. The van der Waals surface area contributed by atoms with E-state index in [0.29, 0.717) is 25.8 Å². The number of benzene rings is 1. The largest absolute Gasteiger partial charge is 0.508 e. The molecule has 5 atom stereocenters. The van der Waals surface area contributed by atoms with Gasteiger partial charge in [0.15, 0.2) is 0 Å². The number of aliphatic hydroxyl groups is 1. The van der Waals surface area contributed by atoms with Crippen LogP contribution in [-0.4, -0.2) is 88.8 Å². The molecule has 0 spiro atoms. The van der Waals surface area contributed by atoms with Crippen molar-refractivity contribution in [1.29, 1.82) is 0 Å². The minimum absolute atomic E-state index is 0.0769. The molecule has 14 heteroatoms. The van der Waals surface area contributed by atoms with E-state index < -0.39 is 66.9 Å². The molecule has 0 aliphatic carbocycles. The second kappa shape index (κ2) is 17.8. The third kappa shape index (κ3) is 12.0. The highest BCUT2D eigenvalue weighted by molar-refractivity contribution is 5.94. The van der Waals surface area contributed by atoms with E-state index in [1.54, 1.807) is 19.1 Å². The van der Waals surface area contributed by atoms with Crippen LogP contribution in [-0.2, 0) is 30.4 Å². The topological polar surface area (TPSA) is 246 Å². The summed E-state index contributed by atoms with van der Waals surface area (Å²) >= 11 is 0. The number of carbonyl (C=O) groups excluding carboxylic acids is 4. The molecule has 0 saturated heterocycles. The summed E-state index contributed by atoms with van der Waals surface area (Å²) in [6, 6.07) is 1.57. The van der Waals surface area contributed by atoms with E-state index in [4.69, 9.17) is 11.5 Å². The first-order valence-corrected chi connectivity index (χ1v) is 13.2. The Morgan fingerprint density at radius 1 is 0.925 bits per heavy atom. The maximum atomic E-state index is 12.9. The fraction of sp³-hybridized carbons (Fsp3) is 0.577. The second-order valence-electron chi connectivity index (χ2n) is 9.55. The first kappa shape index (κ1) is 34.3. The Balaban J connectivity index is 2.70. The molecule has 40 heavy (non-hydrogen) atoms. The average molecular weight is 567 g/mol. The van der Waals surface area contributed by atoms with E-state index in [9.17, 15) is 39.3 Å². The first-order valence-electron chi connectivity index (χ1n) is 13.2. The Kier molecular flexibility index (Phi) is 15.2. The number of hydrogen-bond acceptors (Lipinski definition) is 9. The van der Waals surface area contributed by atoms with Crippen molar-refractivity contribution in [1.82, 2.24) is 21.3 Å². The predicted molar refractivity (Wildman–Crippen MR) is 146 cm³/mol. The third-order valence-electron chi connectivity index (χ3n) is 6.34. The monoisotopic (exact) mass is 566 g/mol. The number of nitrogens with two attached hydrogens (primary N) is 2. The number of phenols is 1. The van der Waals surface area contributed by atoms with Crippen molar-refractivity contribution < 1.29 is 39.3 Å². The zero-order chi connectivity index (χ0) is 30.2. The van der Waals surface area contributed by atoms with E-state index in [1.165, 1.54) is 12.1 Å². The number of unbranched alkanes of at least 4 members (excludes halogenated alkanes) is 1. The average Bonchev–Trinajstić information content (AvgIpc) is 2.93. The van der Waals surface area contributed by atoms with Crippen LogP contribution in [0.25, 0.3) is 0 Å². The minimum atomic E-state index is -1.44. The Morgan fingerprint density at radius 3 is 2.12 bits per heavy atom. The fourth-order valence-corrected chi connectivity index (χ4v) is 3.68. The molecule has 1 rings (SSSR count). The van der Waals surface area contributed by atoms with Crippen LogP contribution in [0.2, 0.25) is 0 Å². The molecule has 0 aliphatic heterocycles. The van der Waals surface area contributed by atoms with E-state index >= 15 is 0 Å². The fourth-order valence-electron chi connectivity index (χ4n) is 3.68. The quantitative estimate of drug-likeness (QED) is 0.0892. The first-order chi connectivity index (χ1) is 18.9. The van der Waals surface area contributed by atoms with E-state index in [1.807, 2.05) is 6.92 Å². The van der Waals surface area contributed by atoms with Crippen LogP contribution in [0.1, 0.15) is 45.1 Å². The van der Waals surface area contributed by atoms with Crippen LogP contribution >= 0.6 is 0 Å². The lowest BCUT2D eigenvalue weighted by molar-refractivity contribution is -0.142. The van der Waals surface area contributed by atoms with Crippen molar-refractivity contribution in [2.45, 2.75) is 70.1 Å². The molecule has 1 aromatic carbocycles. The maximum absolute atomic E-state index is 12.9. The summed E-state index contributed by atoms with van der Waals surface area (Å²) in [6.45, 7) is 2.57. The van der Waals surface area contributed by atoms with Crippen LogP contribution in [0.4, 0.5) is 0 Å². The number of aromatic hydroxyl groups is 1. The number of aliphatic carboxylic acids is 1. The number of carbonyl (C=O) groups is 5. The van der Waals surface area contributed by atoms with Gasteiger partial charge in [-0.2, -0.15) is 0 Å². The third-order valence-corrected chi connectivity index (χ3v) is 6.34. The molecule has 0 aromatic heterocycles. The van der Waals surface area contributed by atoms with Gasteiger partial charge in [0.25, 0.3) is 0 Å². The highest BCUT2D eigenvalue weighted by Gasteiger charge is 2.29. The molecule has 0 saturated carbocycles. The van der Waals surface area contributed by atoms with Gasteiger partial charge >= 0.3 is 5.97 Å². The number of aliphatic hydroxyl groups excluding tert-OH is 1. The van der Waals surface area contributed by atoms with Gasteiger partial charge in [-0.3, -0.25) is 19.2 Å². The Morgan fingerprint density at radius 2 is 1.57 bits per heavy atom. The van der Waals surface area contributed by atoms with E-state index in [2.05, 4.69) is 21.3 Å². The molecular weight excluding hydrogens is 524 g/mol. The molecule has 224 valence electrons. The molecule has 4 amide bonds. The normalized spacial score (nSPS) is 14.6. The lowest BCUT2D eigenvalue weighted by Crippen LogP contribution is -2.57. The van der Waals surface area contributed by atoms with Gasteiger partial charge in [-0.25, -0.2) is 4.79 Å². The van der Waals surface area contributed by atoms with Gasteiger partial charge in [-0.05, 0) is 55.8 Å². The van der Waals surface area contributed by atoms with Gasteiger partial charge in [0.2, 0.25) is 23.6 Å². The Labute approximate surface area is 233 Å². The summed E-state index contributed by atoms with van der Waals surface area (Å²) in [5, 5.41) is 37.8. The zero-order valence-electron chi connectivity index (χ0n) is 22.9. The molecule has 0 unspecified atom stereocenters. The predicted octanol–water partition coefficient (Wildman–Crippen LogP) is -1.92. The number of hydrogen-bond donors (Lipinski definition) is 9. The van der Waals surface area contributed by atoms with Crippen molar-refractivity contribution in [3.05, 3.63) is 29.8 Å². The van der Waals surface area contributed by atoms with Gasteiger partial charge < -0.3 is 48.1 Å². The number of carboxylic acids is 1. The van der Waals surface area contributed by atoms with Crippen molar-refractivity contribution >= 4 is 29.6 Å². The van der Waals surface area contributed by atoms with Gasteiger partial charge in [-0.1, -0.05) is 32.4 Å². The summed E-state index contributed by atoms with van der Waals surface area (Å²) < 4.78 is 0. The van der Waals surface area contributed by atoms with Crippen molar-refractivity contribution in [3.8, 4) is 5.75 Å². The number of amides is 4. The van der Waals surface area contributed by atoms with Crippen molar-refractivity contribution in [2.75, 3.05) is 19.7 Å². The van der Waals surface area contributed by atoms with Gasteiger partial charge in [-0.15, -0.1) is 0 Å². The van der Waals surface area contributed by atoms with Crippen LogP contribution in [0.3, 0.4) is 0 Å². The molecule has 0 bridgehead atoms. The molecule has 1 aromatic rings. The van der Waals surface area contributed by atoms with E-state index in [0.717, 1.165) is 5.56 Å². The Bertz CT molecular complexity index is 990. The lowest BCUT2D eigenvalue weighted by Gasteiger charge is -2.25. The van der Waals surface area contributed by atoms with E-state index in [-0.39, 0.29) is 24.5 Å². The summed E-state index contributed by atoms with van der Waals surface area (Å²) in [7, 11) is 0. The van der Waals surface area contributed by atoms with Gasteiger partial charge in [0.05, 0.1) is 19.2 Å². The van der Waals surface area contributed by atoms with Crippen molar-refractivity contribution in [2.24, 2.45) is 17.4 Å².